The van der Waals surface area contributed by atoms with Gasteiger partial charge in [-0.15, -0.1) is 8.46 Å². The maximum absolute atomic E-state index is 2.29. The summed E-state index contributed by atoms with van der Waals surface area (Å²) in [4.78, 5) is 2.19. The fourth-order valence-corrected chi connectivity index (χ4v) is 1.69. The summed E-state index contributed by atoms with van der Waals surface area (Å²) >= 11 is 2.29. The molecule has 0 aliphatic heterocycles. The van der Waals surface area contributed by atoms with Gasteiger partial charge in [0.25, 0.3) is 0 Å². The first-order valence-electron chi connectivity index (χ1n) is 2.56. The van der Waals surface area contributed by atoms with Gasteiger partial charge in [-0.1, -0.05) is 11.6 Å². The molecule has 0 amide bonds. The molecule has 0 aromatic rings. The number of allylic oxidation sites excluding steroid dienone is 2. The average Bonchev–Trinajstić information content (AvgIpc) is 1.66. The van der Waals surface area contributed by atoms with E-state index in [1.54, 1.807) is 0 Å². The zero-order valence-corrected chi connectivity index (χ0v) is 8.40. The number of halogens is 1. The van der Waals surface area contributed by atoms with Crippen LogP contribution in [0.3, 0.4) is 0 Å². The first-order chi connectivity index (χ1) is 3.77. The second kappa shape index (κ2) is 6.09. The summed E-state index contributed by atoms with van der Waals surface area (Å²) < 4.78 is 0. The van der Waals surface area contributed by atoms with E-state index in [0.717, 1.165) is 8.46 Å². The smallest absolute Gasteiger partial charge is 0.152 e. The van der Waals surface area contributed by atoms with Crippen molar-refractivity contribution in [3.63, 3.8) is 0 Å². The molecule has 1 atom stereocenters. The summed E-state index contributed by atoms with van der Waals surface area (Å²) in [7, 11) is 0.993. The van der Waals surface area contributed by atoms with Crippen LogP contribution < -0.4 is 0 Å². The van der Waals surface area contributed by atoms with Crippen LogP contribution in [0, 0.1) is 0 Å². The molecule has 8 heavy (non-hydrogen) atoms. The molecule has 0 aromatic carbocycles. The SMILES string of the molecule is CC(C)=CCP[B]I. The normalized spacial score (nSPS) is 9.88. The maximum atomic E-state index is 2.29. The Labute approximate surface area is 67.4 Å². The monoisotopic (exact) mass is 239 g/mol. The standard InChI is InChI=1S/C5H10BIP/c1-5(2)3-4-8-6-7/h3,8H,4H2,1-2H3. The molecule has 0 heterocycles. The van der Waals surface area contributed by atoms with Gasteiger partial charge in [0.2, 0.25) is 4.86 Å². The van der Waals surface area contributed by atoms with Crippen molar-refractivity contribution in [2.75, 3.05) is 6.16 Å². The number of rotatable bonds is 3. The third-order valence-corrected chi connectivity index (χ3v) is 2.62. The van der Waals surface area contributed by atoms with E-state index in [4.69, 9.17) is 0 Å². The second-order valence-electron chi connectivity index (χ2n) is 1.80. The molecular formula is C5H10BIP. The van der Waals surface area contributed by atoms with Gasteiger partial charge in [0.1, 0.15) is 0 Å². The van der Waals surface area contributed by atoms with Crippen LogP contribution in [0.4, 0.5) is 0 Å². The Balaban J connectivity index is 3.03. The minimum absolute atomic E-state index is 0.993. The second-order valence-corrected chi connectivity index (χ2v) is 4.70. The molecule has 0 fully saturated rings. The minimum atomic E-state index is 0.993. The highest BCUT2D eigenvalue weighted by atomic mass is 127. The van der Waals surface area contributed by atoms with Gasteiger partial charge in [-0.25, -0.2) is 0 Å². The van der Waals surface area contributed by atoms with Crippen molar-refractivity contribution in [1.29, 1.82) is 0 Å². The van der Waals surface area contributed by atoms with E-state index in [2.05, 4.69) is 47.2 Å². The Morgan fingerprint density at radius 3 is 2.75 bits per heavy atom. The quantitative estimate of drug-likeness (QED) is 0.233. The van der Waals surface area contributed by atoms with E-state index in [1.165, 1.54) is 11.7 Å². The van der Waals surface area contributed by atoms with Gasteiger partial charge in [-0.2, -0.15) is 22.4 Å². The van der Waals surface area contributed by atoms with Crippen molar-refractivity contribution in [2.45, 2.75) is 13.8 Å². The van der Waals surface area contributed by atoms with Gasteiger partial charge in [0.05, 0.1) is 0 Å². The van der Waals surface area contributed by atoms with Gasteiger partial charge >= 0.3 is 0 Å². The molecule has 0 aliphatic rings. The van der Waals surface area contributed by atoms with Crippen LogP contribution >= 0.6 is 30.8 Å². The van der Waals surface area contributed by atoms with Crippen molar-refractivity contribution >= 4 is 35.7 Å². The van der Waals surface area contributed by atoms with Crippen LogP contribution in [0.15, 0.2) is 11.6 Å². The van der Waals surface area contributed by atoms with E-state index in [1.807, 2.05) is 0 Å². The molecule has 0 rings (SSSR count). The first-order valence-corrected chi connectivity index (χ1v) is 5.09. The fraction of sp³-hybridized carbons (Fsp3) is 0.600. The number of hydrogen-bond acceptors (Lipinski definition) is 0. The predicted molar refractivity (Wildman–Crippen MR) is 52.4 cm³/mol. The number of hydrogen-bond donors (Lipinski definition) is 0. The lowest BCUT2D eigenvalue weighted by atomic mass is 10.3. The molecule has 0 spiro atoms. The van der Waals surface area contributed by atoms with Gasteiger partial charge in [0.15, 0.2) is 0 Å². The van der Waals surface area contributed by atoms with Crippen LogP contribution in [0.5, 0.6) is 0 Å². The van der Waals surface area contributed by atoms with Crippen LogP contribution in [-0.4, -0.2) is 11.0 Å². The minimum Gasteiger partial charge on any atom is -0.152 e. The summed E-state index contributed by atoms with van der Waals surface area (Å²) in [6, 6.07) is 0. The summed E-state index contributed by atoms with van der Waals surface area (Å²) in [6.07, 6.45) is 3.50. The summed E-state index contributed by atoms with van der Waals surface area (Å²) in [6.45, 7) is 4.27. The lowest BCUT2D eigenvalue weighted by molar-refractivity contribution is 1.37. The van der Waals surface area contributed by atoms with Crippen molar-refractivity contribution in [3.05, 3.63) is 11.6 Å². The molecule has 1 unspecified atom stereocenters. The topological polar surface area (TPSA) is 0 Å². The molecule has 0 saturated heterocycles. The Kier molecular flexibility index (Phi) is 6.83. The van der Waals surface area contributed by atoms with Crippen molar-refractivity contribution < 1.29 is 0 Å². The van der Waals surface area contributed by atoms with E-state index < -0.39 is 0 Å². The first kappa shape index (κ1) is 8.96. The fourth-order valence-electron chi connectivity index (χ4n) is 0.308. The van der Waals surface area contributed by atoms with Gasteiger partial charge in [0, 0.05) is 0 Å². The molecule has 0 bridgehead atoms. The summed E-state index contributed by atoms with van der Waals surface area (Å²) in [5, 5.41) is 0. The van der Waals surface area contributed by atoms with E-state index in [-0.39, 0.29) is 0 Å². The Morgan fingerprint density at radius 1 is 1.75 bits per heavy atom. The Hall–Kier alpha value is 0.965. The van der Waals surface area contributed by atoms with Gasteiger partial charge < -0.3 is 0 Å². The highest BCUT2D eigenvalue weighted by Gasteiger charge is 1.80. The van der Waals surface area contributed by atoms with Crippen LogP contribution in [0.2, 0.25) is 0 Å². The molecular weight excluding hydrogens is 229 g/mol. The van der Waals surface area contributed by atoms with Crippen molar-refractivity contribution in [2.24, 2.45) is 0 Å². The molecule has 3 heteroatoms. The molecule has 45 valence electrons. The largest absolute Gasteiger partial charge is 0.230 e. The molecule has 0 aromatic heterocycles. The van der Waals surface area contributed by atoms with Crippen LogP contribution in [0.1, 0.15) is 13.8 Å². The summed E-state index contributed by atoms with van der Waals surface area (Å²) in [5.41, 5.74) is 1.43. The third kappa shape index (κ3) is 6.96. The van der Waals surface area contributed by atoms with Gasteiger partial charge in [-0.05, 0) is 20.0 Å². The highest BCUT2D eigenvalue weighted by Crippen LogP contribution is 2.10. The van der Waals surface area contributed by atoms with Crippen molar-refractivity contribution in [3.8, 4) is 0 Å². The molecule has 1 radical (unpaired) electrons. The lowest BCUT2D eigenvalue weighted by Crippen LogP contribution is -1.70. The van der Waals surface area contributed by atoms with E-state index in [9.17, 15) is 0 Å². The molecule has 0 aliphatic carbocycles. The van der Waals surface area contributed by atoms with Crippen LogP contribution in [-0.2, 0) is 0 Å². The van der Waals surface area contributed by atoms with Crippen molar-refractivity contribution in [1.82, 2.24) is 0 Å². The zero-order chi connectivity index (χ0) is 6.41. The summed E-state index contributed by atoms with van der Waals surface area (Å²) in [5.74, 6) is 0. The lowest BCUT2D eigenvalue weighted by Gasteiger charge is -1.88. The van der Waals surface area contributed by atoms with Crippen LogP contribution in [0.25, 0.3) is 0 Å². The molecule has 0 nitrogen and oxygen atoms in total. The van der Waals surface area contributed by atoms with Gasteiger partial charge in [-0.3, -0.25) is 0 Å². The Morgan fingerprint density at radius 2 is 2.38 bits per heavy atom. The maximum Gasteiger partial charge on any atom is 0.230 e. The predicted octanol–water partition coefficient (Wildman–Crippen LogP) is 2.60. The molecule has 0 saturated carbocycles. The third-order valence-electron chi connectivity index (χ3n) is 0.705. The zero-order valence-electron chi connectivity index (χ0n) is 5.24. The highest BCUT2D eigenvalue weighted by molar-refractivity contribution is 14.1. The van der Waals surface area contributed by atoms with E-state index >= 15 is 0 Å². The molecule has 0 N–H and O–H groups in total. The van der Waals surface area contributed by atoms with E-state index in [0.29, 0.717) is 0 Å². The Bertz CT molecular complexity index is 78.5. The average molecular weight is 239 g/mol.